The number of hydrogen-bond acceptors (Lipinski definition) is 6. The number of benzene rings is 1. The average Bonchev–Trinajstić information content (AvgIpc) is 2.76. The molecule has 19 heavy (non-hydrogen) atoms. The van der Waals surface area contributed by atoms with E-state index in [0.29, 0.717) is 28.7 Å². The highest BCUT2D eigenvalue weighted by molar-refractivity contribution is 7.99. The first-order valence-corrected chi connectivity index (χ1v) is 8.80. The van der Waals surface area contributed by atoms with Gasteiger partial charge < -0.3 is 10.2 Å². The molecule has 0 aliphatic heterocycles. The summed E-state index contributed by atoms with van der Waals surface area (Å²) in [6.07, 6.45) is 0.599. The van der Waals surface area contributed by atoms with Crippen LogP contribution in [0.4, 0.5) is 5.69 Å². The molecule has 1 heterocycles. The SMILES string of the molecule is CCS(=O)(=O)CCCSc1nc2ccc(N)cc2o1. The summed E-state index contributed by atoms with van der Waals surface area (Å²) in [4.78, 5) is 4.30. The maximum atomic E-state index is 11.3. The number of oxazole rings is 1. The third kappa shape index (κ3) is 3.87. The van der Waals surface area contributed by atoms with E-state index in [0.717, 1.165) is 5.52 Å². The molecule has 0 fully saturated rings. The fourth-order valence-corrected chi connectivity index (χ4v) is 3.39. The number of nitrogens with zero attached hydrogens (tertiary/aromatic N) is 1. The van der Waals surface area contributed by atoms with Crippen LogP contribution >= 0.6 is 11.8 Å². The van der Waals surface area contributed by atoms with Gasteiger partial charge in [-0.05, 0) is 18.6 Å². The normalized spacial score (nSPS) is 12.1. The molecule has 1 aromatic carbocycles. The minimum atomic E-state index is -2.89. The second kappa shape index (κ2) is 5.83. The average molecular weight is 300 g/mol. The van der Waals surface area contributed by atoms with Crippen LogP contribution in [-0.4, -0.2) is 30.7 Å². The van der Waals surface area contributed by atoms with Crippen LogP contribution in [0.15, 0.2) is 27.8 Å². The monoisotopic (exact) mass is 300 g/mol. The first-order valence-electron chi connectivity index (χ1n) is 5.99. The van der Waals surface area contributed by atoms with E-state index in [1.54, 1.807) is 25.1 Å². The fraction of sp³-hybridized carbons (Fsp3) is 0.417. The highest BCUT2D eigenvalue weighted by Gasteiger charge is 2.09. The highest BCUT2D eigenvalue weighted by atomic mass is 32.2. The summed E-state index contributed by atoms with van der Waals surface area (Å²) in [5.74, 6) is 1.07. The van der Waals surface area contributed by atoms with Gasteiger partial charge in [-0.3, -0.25) is 0 Å². The molecule has 0 atom stereocenters. The Morgan fingerprint density at radius 3 is 2.95 bits per heavy atom. The van der Waals surface area contributed by atoms with Crippen molar-refractivity contribution < 1.29 is 12.8 Å². The molecule has 0 bridgehead atoms. The van der Waals surface area contributed by atoms with Crippen molar-refractivity contribution in [2.24, 2.45) is 0 Å². The Hall–Kier alpha value is -1.21. The zero-order chi connectivity index (χ0) is 13.9. The van der Waals surface area contributed by atoms with E-state index in [2.05, 4.69) is 4.98 Å². The number of nitrogen functional groups attached to an aromatic ring is 1. The molecule has 2 N–H and O–H groups in total. The Morgan fingerprint density at radius 2 is 2.21 bits per heavy atom. The topological polar surface area (TPSA) is 86.2 Å². The van der Waals surface area contributed by atoms with Gasteiger partial charge in [0.1, 0.15) is 15.4 Å². The summed E-state index contributed by atoms with van der Waals surface area (Å²) in [5, 5.41) is 0.550. The van der Waals surface area contributed by atoms with Crippen molar-refractivity contribution in [3.05, 3.63) is 18.2 Å². The number of fused-ring (bicyclic) bond motifs is 1. The molecule has 0 radical (unpaired) electrons. The molecule has 2 rings (SSSR count). The van der Waals surface area contributed by atoms with Gasteiger partial charge in [0.25, 0.3) is 5.22 Å². The molecule has 1 aromatic heterocycles. The quantitative estimate of drug-likeness (QED) is 0.500. The van der Waals surface area contributed by atoms with Gasteiger partial charge in [-0.25, -0.2) is 13.4 Å². The van der Waals surface area contributed by atoms with Crippen LogP contribution in [0.3, 0.4) is 0 Å². The number of sulfone groups is 1. The molecular formula is C12H16N2O3S2. The molecule has 5 nitrogen and oxygen atoms in total. The fourth-order valence-electron chi connectivity index (χ4n) is 1.56. The lowest BCUT2D eigenvalue weighted by Crippen LogP contribution is -2.09. The lowest BCUT2D eigenvalue weighted by atomic mass is 10.3. The van der Waals surface area contributed by atoms with E-state index in [4.69, 9.17) is 10.2 Å². The largest absolute Gasteiger partial charge is 0.431 e. The minimum absolute atomic E-state index is 0.194. The number of hydrogen-bond donors (Lipinski definition) is 1. The van der Waals surface area contributed by atoms with Gasteiger partial charge in [0.2, 0.25) is 0 Å². The van der Waals surface area contributed by atoms with Crippen molar-refractivity contribution in [2.45, 2.75) is 18.6 Å². The Balaban J connectivity index is 1.92. The van der Waals surface area contributed by atoms with Crippen molar-refractivity contribution in [1.29, 1.82) is 0 Å². The molecule has 0 saturated heterocycles. The summed E-state index contributed by atoms with van der Waals surface area (Å²) in [7, 11) is -2.89. The first-order chi connectivity index (χ1) is 9.00. The summed E-state index contributed by atoms with van der Waals surface area (Å²) >= 11 is 1.42. The molecule has 0 saturated carbocycles. The van der Waals surface area contributed by atoms with E-state index < -0.39 is 9.84 Å². The lowest BCUT2D eigenvalue weighted by Gasteiger charge is -1.99. The van der Waals surface area contributed by atoms with Crippen LogP contribution in [0.1, 0.15) is 13.3 Å². The van der Waals surface area contributed by atoms with Crippen molar-refractivity contribution in [2.75, 3.05) is 23.0 Å². The Labute approximate surface area is 116 Å². The van der Waals surface area contributed by atoms with Gasteiger partial charge in [-0.2, -0.15) is 0 Å². The standard InChI is InChI=1S/C12H16N2O3S2/c1-2-19(15,16)7-3-6-18-12-14-10-5-4-9(13)8-11(10)17-12/h4-5,8H,2-3,6-7,13H2,1H3. The lowest BCUT2D eigenvalue weighted by molar-refractivity contribution is 0.489. The van der Waals surface area contributed by atoms with Crippen molar-refractivity contribution in [3.8, 4) is 0 Å². The van der Waals surface area contributed by atoms with Gasteiger partial charge in [-0.1, -0.05) is 18.7 Å². The Bertz CT molecular complexity index is 665. The van der Waals surface area contributed by atoms with Crippen LogP contribution in [0.25, 0.3) is 11.1 Å². The molecule has 0 aliphatic carbocycles. The maximum Gasteiger partial charge on any atom is 0.256 e. The molecule has 0 spiro atoms. The third-order valence-electron chi connectivity index (χ3n) is 2.66. The summed E-state index contributed by atoms with van der Waals surface area (Å²) in [5.41, 5.74) is 7.71. The van der Waals surface area contributed by atoms with Crippen molar-refractivity contribution in [1.82, 2.24) is 4.98 Å². The molecule has 104 valence electrons. The summed E-state index contributed by atoms with van der Waals surface area (Å²) in [6, 6.07) is 5.31. The molecule has 7 heteroatoms. The van der Waals surface area contributed by atoms with Crippen molar-refractivity contribution in [3.63, 3.8) is 0 Å². The number of nitrogens with two attached hydrogens (primary N) is 1. The van der Waals surface area contributed by atoms with Crippen LogP contribution in [0.5, 0.6) is 0 Å². The smallest absolute Gasteiger partial charge is 0.256 e. The van der Waals surface area contributed by atoms with Gasteiger partial charge in [-0.15, -0.1) is 0 Å². The minimum Gasteiger partial charge on any atom is -0.431 e. The van der Waals surface area contributed by atoms with Gasteiger partial charge in [0.15, 0.2) is 5.58 Å². The van der Waals surface area contributed by atoms with E-state index in [1.807, 2.05) is 0 Å². The zero-order valence-electron chi connectivity index (χ0n) is 10.6. The van der Waals surface area contributed by atoms with E-state index in [1.165, 1.54) is 11.8 Å². The summed E-state index contributed by atoms with van der Waals surface area (Å²) in [6.45, 7) is 1.66. The zero-order valence-corrected chi connectivity index (χ0v) is 12.3. The second-order valence-corrected chi connectivity index (χ2v) is 7.66. The van der Waals surface area contributed by atoms with Crippen LogP contribution < -0.4 is 5.73 Å². The van der Waals surface area contributed by atoms with Gasteiger partial charge in [0, 0.05) is 23.3 Å². The van der Waals surface area contributed by atoms with Gasteiger partial charge in [0.05, 0.1) is 5.75 Å². The number of thioether (sulfide) groups is 1. The highest BCUT2D eigenvalue weighted by Crippen LogP contribution is 2.25. The maximum absolute atomic E-state index is 11.3. The van der Waals surface area contributed by atoms with E-state index in [9.17, 15) is 8.42 Å². The van der Waals surface area contributed by atoms with Gasteiger partial charge >= 0.3 is 0 Å². The summed E-state index contributed by atoms with van der Waals surface area (Å²) < 4.78 is 28.2. The number of rotatable bonds is 6. The van der Waals surface area contributed by atoms with Crippen LogP contribution in [-0.2, 0) is 9.84 Å². The number of aromatic nitrogens is 1. The molecule has 0 amide bonds. The molecule has 0 aliphatic rings. The molecule has 2 aromatic rings. The first kappa shape index (κ1) is 14.2. The third-order valence-corrected chi connectivity index (χ3v) is 5.36. The predicted molar refractivity (Wildman–Crippen MR) is 78.1 cm³/mol. The molecular weight excluding hydrogens is 284 g/mol. The van der Waals surface area contributed by atoms with Crippen molar-refractivity contribution >= 4 is 38.4 Å². The van der Waals surface area contributed by atoms with Crippen LogP contribution in [0.2, 0.25) is 0 Å². The Kier molecular flexibility index (Phi) is 4.36. The van der Waals surface area contributed by atoms with E-state index in [-0.39, 0.29) is 11.5 Å². The predicted octanol–water partition coefficient (Wildman–Crippen LogP) is 2.33. The second-order valence-electron chi connectivity index (χ2n) is 4.15. The Morgan fingerprint density at radius 1 is 1.42 bits per heavy atom. The number of anilines is 1. The van der Waals surface area contributed by atoms with E-state index >= 15 is 0 Å². The van der Waals surface area contributed by atoms with Crippen LogP contribution in [0, 0.1) is 0 Å². The molecule has 0 unspecified atom stereocenters.